The maximum Gasteiger partial charge on any atom is 0.162 e. The van der Waals surface area contributed by atoms with Gasteiger partial charge in [-0.1, -0.05) is 41.9 Å². The lowest BCUT2D eigenvalue weighted by Gasteiger charge is -2.16. The van der Waals surface area contributed by atoms with Crippen LogP contribution in [0.3, 0.4) is 0 Å². The van der Waals surface area contributed by atoms with Crippen molar-refractivity contribution in [3.8, 4) is 11.5 Å². The molecule has 2 aromatic rings. The zero-order chi connectivity index (χ0) is 14.5. The molecule has 106 valence electrons. The van der Waals surface area contributed by atoms with Crippen molar-refractivity contribution in [1.29, 1.82) is 0 Å². The maximum absolute atomic E-state index is 10.0. The van der Waals surface area contributed by atoms with Gasteiger partial charge in [-0.05, 0) is 24.6 Å². The van der Waals surface area contributed by atoms with Crippen molar-refractivity contribution in [2.45, 2.75) is 19.5 Å². The van der Waals surface area contributed by atoms with Gasteiger partial charge in [0.1, 0.15) is 0 Å². The molecule has 2 rings (SSSR count). The summed E-state index contributed by atoms with van der Waals surface area (Å²) in [6.45, 7) is 2.58. The minimum Gasteiger partial charge on any atom is -0.504 e. The number of methoxy groups -OCH3 is 1. The highest BCUT2D eigenvalue weighted by Crippen LogP contribution is 2.30. The van der Waals surface area contributed by atoms with Crippen molar-refractivity contribution in [2.75, 3.05) is 7.11 Å². The molecule has 0 radical (unpaired) electrons. The van der Waals surface area contributed by atoms with E-state index in [0.29, 0.717) is 12.3 Å². The Labute approximate surface area is 124 Å². The van der Waals surface area contributed by atoms with Crippen LogP contribution < -0.4 is 10.1 Å². The summed E-state index contributed by atoms with van der Waals surface area (Å²) in [6.07, 6.45) is 0. The van der Waals surface area contributed by atoms with E-state index < -0.39 is 0 Å². The summed E-state index contributed by atoms with van der Waals surface area (Å²) in [6, 6.07) is 13.3. The van der Waals surface area contributed by atoms with Crippen LogP contribution in [-0.2, 0) is 6.54 Å². The molecule has 1 atom stereocenters. The lowest BCUT2D eigenvalue weighted by Crippen LogP contribution is -2.18. The number of hydrogen-bond donors (Lipinski definition) is 2. The molecular formula is C16H18ClNO2. The van der Waals surface area contributed by atoms with Crippen molar-refractivity contribution < 1.29 is 9.84 Å². The summed E-state index contributed by atoms with van der Waals surface area (Å²) in [4.78, 5) is 0. The third-order valence-corrected chi connectivity index (χ3v) is 3.62. The van der Waals surface area contributed by atoms with Gasteiger partial charge in [-0.15, -0.1) is 0 Å². The first-order valence-electron chi connectivity index (χ1n) is 6.46. The quantitative estimate of drug-likeness (QED) is 0.878. The first-order chi connectivity index (χ1) is 9.63. The average Bonchev–Trinajstić information content (AvgIpc) is 2.46. The molecule has 20 heavy (non-hydrogen) atoms. The minimum atomic E-state index is 0.0919. The molecule has 0 unspecified atom stereocenters. The molecule has 0 aliphatic rings. The van der Waals surface area contributed by atoms with Crippen LogP contribution in [0.4, 0.5) is 0 Å². The molecule has 0 aliphatic heterocycles. The first kappa shape index (κ1) is 14.7. The summed E-state index contributed by atoms with van der Waals surface area (Å²) in [5, 5.41) is 14.1. The van der Waals surface area contributed by atoms with Gasteiger partial charge in [0.2, 0.25) is 0 Å². The van der Waals surface area contributed by atoms with Crippen LogP contribution in [0.1, 0.15) is 24.1 Å². The lowest BCUT2D eigenvalue weighted by molar-refractivity contribution is 0.369. The minimum absolute atomic E-state index is 0.0919. The van der Waals surface area contributed by atoms with Crippen LogP contribution in [0.25, 0.3) is 0 Å². The van der Waals surface area contributed by atoms with Gasteiger partial charge in [0.25, 0.3) is 0 Å². The van der Waals surface area contributed by atoms with E-state index in [-0.39, 0.29) is 11.8 Å². The van der Waals surface area contributed by atoms with Crippen molar-refractivity contribution in [3.63, 3.8) is 0 Å². The smallest absolute Gasteiger partial charge is 0.162 e. The fourth-order valence-electron chi connectivity index (χ4n) is 2.07. The molecular weight excluding hydrogens is 274 g/mol. The van der Waals surface area contributed by atoms with Gasteiger partial charge in [-0.25, -0.2) is 0 Å². The Balaban J connectivity index is 2.08. The highest BCUT2D eigenvalue weighted by Gasteiger charge is 2.11. The van der Waals surface area contributed by atoms with Crippen molar-refractivity contribution in [1.82, 2.24) is 5.32 Å². The number of nitrogens with one attached hydrogen (secondary N) is 1. The van der Waals surface area contributed by atoms with Crippen LogP contribution in [-0.4, -0.2) is 12.2 Å². The van der Waals surface area contributed by atoms with Gasteiger partial charge in [0.15, 0.2) is 11.5 Å². The molecule has 0 saturated heterocycles. The Bertz CT molecular complexity index is 586. The number of benzene rings is 2. The molecule has 3 nitrogen and oxygen atoms in total. The molecule has 0 bridgehead atoms. The summed E-state index contributed by atoms with van der Waals surface area (Å²) < 4.78 is 5.10. The van der Waals surface area contributed by atoms with Gasteiger partial charge in [0, 0.05) is 23.2 Å². The highest BCUT2D eigenvalue weighted by atomic mass is 35.5. The Morgan fingerprint density at radius 1 is 1.20 bits per heavy atom. The number of hydrogen-bond acceptors (Lipinski definition) is 3. The molecule has 0 aromatic heterocycles. The predicted molar refractivity (Wildman–Crippen MR) is 81.4 cm³/mol. The summed E-state index contributed by atoms with van der Waals surface area (Å²) in [7, 11) is 1.54. The lowest BCUT2D eigenvalue weighted by atomic mass is 10.1. The van der Waals surface area contributed by atoms with Gasteiger partial charge in [-0.2, -0.15) is 0 Å². The molecule has 0 fully saturated rings. The van der Waals surface area contributed by atoms with Crippen molar-refractivity contribution in [2.24, 2.45) is 0 Å². The summed E-state index contributed by atoms with van der Waals surface area (Å²) in [5.41, 5.74) is 1.83. The van der Waals surface area contributed by atoms with Crippen LogP contribution in [0.15, 0.2) is 42.5 Å². The van der Waals surface area contributed by atoms with Crippen LogP contribution in [0, 0.1) is 0 Å². The fourth-order valence-corrected chi connectivity index (χ4v) is 2.37. The normalized spacial score (nSPS) is 12.2. The van der Waals surface area contributed by atoms with E-state index >= 15 is 0 Å². The number of phenolic OH excluding ortho intramolecular Hbond substituents is 1. The summed E-state index contributed by atoms with van der Waals surface area (Å²) >= 11 is 6.17. The van der Waals surface area contributed by atoms with E-state index in [9.17, 15) is 5.11 Å². The molecule has 2 aromatic carbocycles. The Kier molecular flexibility index (Phi) is 4.88. The molecule has 4 heteroatoms. The van der Waals surface area contributed by atoms with Crippen LogP contribution >= 0.6 is 11.6 Å². The second-order valence-electron chi connectivity index (χ2n) is 4.59. The molecule has 0 saturated carbocycles. The number of rotatable bonds is 5. The van der Waals surface area contributed by atoms with Crippen molar-refractivity contribution >= 4 is 11.6 Å². The molecule has 0 aliphatic carbocycles. The zero-order valence-electron chi connectivity index (χ0n) is 11.6. The van der Waals surface area contributed by atoms with Gasteiger partial charge < -0.3 is 15.2 Å². The number of halogens is 1. The van der Waals surface area contributed by atoms with Gasteiger partial charge in [0.05, 0.1) is 7.11 Å². The van der Waals surface area contributed by atoms with Crippen molar-refractivity contribution in [3.05, 3.63) is 58.6 Å². The predicted octanol–water partition coefficient (Wildman–Crippen LogP) is 3.91. The summed E-state index contributed by atoms with van der Waals surface area (Å²) in [5.74, 6) is 0.656. The SMILES string of the molecule is COc1cccc(CN[C@@H](C)c2ccccc2Cl)c1O. The monoisotopic (exact) mass is 291 g/mol. The second kappa shape index (κ2) is 6.64. The van der Waals surface area contributed by atoms with E-state index in [1.54, 1.807) is 13.2 Å². The number of para-hydroxylation sites is 1. The average molecular weight is 292 g/mol. The van der Waals surface area contributed by atoms with Gasteiger partial charge in [-0.3, -0.25) is 0 Å². The van der Waals surface area contributed by atoms with E-state index in [0.717, 1.165) is 16.1 Å². The molecule has 2 N–H and O–H groups in total. The van der Waals surface area contributed by atoms with Gasteiger partial charge >= 0.3 is 0 Å². The topological polar surface area (TPSA) is 41.5 Å². The second-order valence-corrected chi connectivity index (χ2v) is 5.00. The first-order valence-corrected chi connectivity index (χ1v) is 6.84. The van der Waals surface area contributed by atoms with E-state index in [4.69, 9.17) is 16.3 Å². The van der Waals surface area contributed by atoms with Crippen LogP contribution in [0.5, 0.6) is 11.5 Å². The highest BCUT2D eigenvalue weighted by molar-refractivity contribution is 6.31. The third-order valence-electron chi connectivity index (χ3n) is 3.27. The van der Waals surface area contributed by atoms with E-state index in [1.165, 1.54) is 0 Å². The third kappa shape index (κ3) is 3.24. The largest absolute Gasteiger partial charge is 0.504 e. The Morgan fingerprint density at radius 3 is 2.65 bits per heavy atom. The number of ether oxygens (including phenoxy) is 1. The maximum atomic E-state index is 10.0. The Morgan fingerprint density at radius 2 is 1.95 bits per heavy atom. The van der Waals surface area contributed by atoms with E-state index in [2.05, 4.69) is 5.32 Å². The zero-order valence-corrected chi connectivity index (χ0v) is 12.3. The molecule has 0 spiro atoms. The number of phenols is 1. The molecule has 0 heterocycles. The van der Waals surface area contributed by atoms with Crippen LogP contribution in [0.2, 0.25) is 5.02 Å². The fraction of sp³-hybridized carbons (Fsp3) is 0.250. The van der Waals surface area contributed by atoms with E-state index in [1.807, 2.05) is 43.3 Å². The molecule has 0 amide bonds. The standard InChI is InChI=1S/C16H18ClNO2/c1-11(13-7-3-4-8-14(13)17)18-10-12-6-5-9-15(20-2)16(12)19/h3-9,11,18-19H,10H2,1-2H3/t11-/m0/s1. The number of aromatic hydroxyl groups is 1. The Hall–Kier alpha value is -1.71.